The third-order valence-corrected chi connectivity index (χ3v) is 3.69. The molecule has 2 rings (SSSR count). The minimum Gasteiger partial charge on any atom is -0.435 e. The van der Waals surface area contributed by atoms with E-state index in [-0.39, 0.29) is 30.2 Å². The van der Waals surface area contributed by atoms with Crippen LogP contribution >= 0.6 is 11.3 Å². The molecule has 0 N–H and O–H groups in total. The van der Waals surface area contributed by atoms with Gasteiger partial charge >= 0.3 is 6.61 Å². The maximum Gasteiger partial charge on any atom is 0.387 e. The van der Waals surface area contributed by atoms with E-state index in [1.54, 1.807) is 17.5 Å². The summed E-state index contributed by atoms with van der Waals surface area (Å²) in [6.45, 7) is -2.89. The SMILES string of the molecule is O=C(CCC(=O)c1cccs1)c1ccc(OC(F)F)cc1. The Morgan fingerprint density at radius 1 is 1.05 bits per heavy atom. The average Bonchev–Trinajstić information content (AvgIpc) is 2.99. The Bertz CT molecular complexity index is 606. The van der Waals surface area contributed by atoms with Gasteiger partial charge in [-0.3, -0.25) is 9.59 Å². The molecule has 0 bridgehead atoms. The number of rotatable bonds is 7. The summed E-state index contributed by atoms with van der Waals surface area (Å²) in [6, 6.07) is 8.93. The summed E-state index contributed by atoms with van der Waals surface area (Å²) < 4.78 is 28.2. The zero-order chi connectivity index (χ0) is 15.2. The van der Waals surface area contributed by atoms with E-state index in [9.17, 15) is 18.4 Å². The molecule has 0 unspecified atom stereocenters. The van der Waals surface area contributed by atoms with Crippen LogP contribution in [0.1, 0.15) is 32.9 Å². The van der Waals surface area contributed by atoms with Gasteiger partial charge in [0.15, 0.2) is 11.6 Å². The van der Waals surface area contributed by atoms with Crippen LogP contribution in [0.25, 0.3) is 0 Å². The van der Waals surface area contributed by atoms with Crippen LogP contribution in [0.2, 0.25) is 0 Å². The second kappa shape index (κ2) is 7.08. The van der Waals surface area contributed by atoms with Crippen molar-refractivity contribution in [2.45, 2.75) is 19.5 Å². The Kier molecular flexibility index (Phi) is 5.16. The number of Topliss-reactive ketones (excluding diaryl/α,β-unsaturated/α-hetero) is 2. The largest absolute Gasteiger partial charge is 0.435 e. The molecular weight excluding hydrogens is 298 g/mol. The maximum absolute atomic E-state index is 12.0. The molecule has 2 aromatic rings. The first kappa shape index (κ1) is 15.3. The van der Waals surface area contributed by atoms with Gasteiger partial charge in [0, 0.05) is 18.4 Å². The minimum atomic E-state index is -2.89. The predicted octanol–water partition coefficient (Wildman–Crippen LogP) is 4.20. The van der Waals surface area contributed by atoms with E-state index in [0.29, 0.717) is 10.4 Å². The van der Waals surface area contributed by atoms with Gasteiger partial charge < -0.3 is 4.74 Å². The first-order valence-corrected chi connectivity index (χ1v) is 7.09. The van der Waals surface area contributed by atoms with Crippen LogP contribution in [0.15, 0.2) is 41.8 Å². The minimum absolute atomic E-state index is 0.00351. The molecule has 0 atom stereocenters. The van der Waals surface area contributed by atoms with Gasteiger partial charge in [-0.05, 0) is 35.7 Å². The van der Waals surface area contributed by atoms with E-state index in [1.807, 2.05) is 0 Å². The number of hydrogen-bond donors (Lipinski definition) is 0. The average molecular weight is 310 g/mol. The van der Waals surface area contributed by atoms with Crippen LogP contribution in [0.4, 0.5) is 8.78 Å². The van der Waals surface area contributed by atoms with Gasteiger partial charge in [0.25, 0.3) is 0 Å². The molecule has 1 aromatic heterocycles. The van der Waals surface area contributed by atoms with Gasteiger partial charge in [0.05, 0.1) is 4.88 Å². The Hall–Kier alpha value is -2.08. The van der Waals surface area contributed by atoms with E-state index in [0.717, 1.165) is 0 Å². The number of carbonyl (C=O) groups excluding carboxylic acids is 2. The van der Waals surface area contributed by atoms with Crippen LogP contribution in [0, 0.1) is 0 Å². The Labute approximate surface area is 124 Å². The number of ether oxygens (including phenoxy) is 1. The summed E-state index contributed by atoms with van der Waals surface area (Å²) in [5.41, 5.74) is 0.371. The molecule has 0 saturated heterocycles. The molecule has 110 valence electrons. The van der Waals surface area contributed by atoms with E-state index < -0.39 is 6.61 Å². The van der Waals surface area contributed by atoms with Crippen molar-refractivity contribution in [3.05, 3.63) is 52.2 Å². The van der Waals surface area contributed by atoms with Gasteiger partial charge in [-0.2, -0.15) is 8.78 Å². The zero-order valence-corrected chi connectivity index (χ0v) is 11.7. The van der Waals surface area contributed by atoms with Gasteiger partial charge in [0.2, 0.25) is 0 Å². The summed E-state index contributed by atoms with van der Waals surface area (Å²) in [4.78, 5) is 24.3. The van der Waals surface area contributed by atoms with Crippen molar-refractivity contribution in [3.63, 3.8) is 0 Å². The summed E-state index contributed by atoms with van der Waals surface area (Å²) in [7, 11) is 0. The van der Waals surface area contributed by atoms with Gasteiger partial charge in [0.1, 0.15) is 5.75 Å². The second-order valence-corrected chi connectivity index (χ2v) is 5.17. The lowest BCUT2D eigenvalue weighted by Gasteiger charge is -2.05. The molecule has 3 nitrogen and oxygen atoms in total. The molecule has 21 heavy (non-hydrogen) atoms. The molecular formula is C15H12F2O3S. The molecule has 0 fully saturated rings. The van der Waals surface area contributed by atoms with Crippen LogP contribution in [0.3, 0.4) is 0 Å². The Morgan fingerprint density at radius 3 is 2.29 bits per heavy atom. The third-order valence-electron chi connectivity index (χ3n) is 2.78. The topological polar surface area (TPSA) is 43.4 Å². The summed E-state index contributed by atoms with van der Waals surface area (Å²) in [5, 5.41) is 1.80. The smallest absolute Gasteiger partial charge is 0.387 e. The first-order valence-electron chi connectivity index (χ1n) is 6.21. The second-order valence-electron chi connectivity index (χ2n) is 4.23. The highest BCUT2D eigenvalue weighted by Gasteiger charge is 2.12. The van der Waals surface area contributed by atoms with E-state index in [2.05, 4.69) is 4.74 Å². The van der Waals surface area contributed by atoms with Crippen LogP contribution < -0.4 is 4.74 Å². The first-order chi connectivity index (χ1) is 10.1. The molecule has 1 aromatic carbocycles. The molecule has 0 aliphatic rings. The van der Waals surface area contributed by atoms with Crippen molar-refractivity contribution in [2.24, 2.45) is 0 Å². The molecule has 0 spiro atoms. The molecule has 0 amide bonds. The number of thiophene rings is 1. The molecule has 6 heteroatoms. The number of hydrogen-bond acceptors (Lipinski definition) is 4. The highest BCUT2D eigenvalue weighted by Crippen LogP contribution is 2.17. The van der Waals surface area contributed by atoms with Crippen molar-refractivity contribution in [2.75, 3.05) is 0 Å². The lowest BCUT2D eigenvalue weighted by molar-refractivity contribution is -0.0498. The summed E-state index contributed by atoms with van der Waals surface area (Å²) >= 11 is 1.34. The van der Waals surface area contributed by atoms with E-state index in [1.165, 1.54) is 35.6 Å². The van der Waals surface area contributed by atoms with Gasteiger partial charge in [-0.15, -0.1) is 11.3 Å². The van der Waals surface area contributed by atoms with Crippen molar-refractivity contribution < 1.29 is 23.1 Å². The molecule has 0 aliphatic carbocycles. The normalized spacial score (nSPS) is 10.6. The molecule has 0 aliphatic heterocycles. The van der Waals surface area contributed by atoms with Crippen molar-refractivity contribution >= 4 is 22.9 Å². The number of alkyl halides is 2. The molecule has 0 radical (unpaired) electrons. The number of ketones is 2. The molecule has 0 saturated carbocycles. The van der Waals surface area contributed by atoms with Crippen LogP contribution in [-0.2, 0) is 0 Å². The number of halogens is 2. The Morgan fingerprint density at radius 2 is 1.71 bits per heavy atom. The third kappa shape index (κ3) is 4.46. The maximum atomic E-state index is 12.0. The monoisotopic (exact) mass is 310 g/mol. The standard InChI is InChI=1S/C15H12F2O3S/c16-15(17)20-11-5-3-10(4-6-11)12(18)7-8-13(19)14-2-1-9-21-14/h1-6,9,15H,7-8H2. The van der Waals surface area contributed by atoms with Gasteiger partial charge in [-0.25, -0.2) is 0 Å². The van der Waals surface area contributed by atoms with Crippen LogP contribution in [-0.4, -0.2) is 18.2 Å². The summed E-state index contributed by atoms with van der Waals surface area (Å²) in [6.07, 6.45) is 0.223. The lowest BCUT2D eigenvalue weighted by atomic mass is 10.0. The van der Waals surface area contributed by atoms with Crippen molar-refractivity contribution in [1.29, 1.82) is 0 Å². The Balaban J connectivity index is 1.90. The fourth-order valence-corrected chi connectivity index (χ4v) is 2.45. The zero-order valence-electron chi connectivity index (χ0n) is 10.9. The molecule has 1 heterocycles. The fourth-order valence-electron chi connectivity index (χ4n) is 1.75. The van der Waals surface area contributed by atoms with Crippen molar-refractivity contribution in [3.8, 4) is 5.75 Å². The van der Waals surface area contributed by atoms with Crippen molar-refractivity contribution in [1.82, 2.24) is 0 Å². The quantitative estimate of drug-likeness (QED) is 0.720. The van der Waals surface area contributed by atoms with Crippen LogP contribution in [0.5, 0.6) is 5.75 Å². The fraction of sp³-hybridized carbons (Fsp3) is 0.200. The van der Waals surface area contributed by atoms with Gasteiger partial charge in [-0.1, -0.05) is 6.07 Å². The highest BCUT2D eigenvalue weighted by molar-refractivity contribution is 7.12. The summed E-state index contributed by atoms with van der Waals surface area (Å²) in [5.74, 6) is -0.282. The van der Waals surface area contributed by atoms with E-state index >= 15 is 0 Å². The highest BCUT2D eigenvalue weighted by atomic mass is 32.1. The number of benzene rings is 1. The predicted molar refractivity (Wildman–Crippen MR) is 75.3 cm³/mol. The van der Waals surface area contributed by atoms with E-state index in [4.69, 9.17) is 0 Å². The lowest BCUT2D eigenvalue weighted by Crippen LogP contribution is -2.05. The number of carbonyl (C=O) groups is 2.